The van der Waals surface area contributed by atoms with Gasteiger partial charge in [0.2, 0.25) is 23.6 Å². The van der Waals surface area contributed by atoms with Crippen molar-refractivity contribution in [3.63, 3.8) is 0 Å². The minimum Gasteiger partial charge on any atom is -0.497 e. The topological polar surface area (TPSA) is 123 Å². The van der Waals surface area contributed by atoms with E-state index in [9.17, 15) is 19.2 Å². The third-order valence-corrected chi connectivity index (χ3v) is 4.31. The maximum atomic E-state index is 12.1. The summed E-state index contributed by atoms with van der Waals surface area (Å²) in [5.74, 6) is -0.437. The van der Waals surface area contributed by atoms with Gasteiger partial charge >= 0.3 is 0 Å². The van der Waals surface area contributed by atoms with Crippen LogP contribution in [0, 0.1) is 0 Å². The number of carbonyl (C=O) groups is 4. The first kappa shape index (κ1) is 20.1. The molecule has 1 aromatic carbocycles. The van der Waals surface area contributed by atoms with Gasteiger partial charge in [-0.05, 0) is 24.3 Å². The number of nitrogens with one attached hydrogen (secondary N) is 2. The highest BCUT2D eigenvalue weighted by molar-refractivity contribution is 6.02. The summed E-state index contributed by atoms with van der Waals surface area (Å²) < 4.78 is 6.45. The van der Waals surface area contributed by atoms with Gasteiger partial charge in [-0.2, -0.15) is 5.10 Å². The Balaban J connectivity index is 1.45. The number of imide groups is 1. The zero-order chi connectivity index (χ0) is 20.8. The Hall–Kier alpha value is -3.69. The van der Waals surface area contributed by atoms with Crippen LogP contribution in [0.2, 0.25) is 0 Å². The van der Waals surface area contributed by atoms with Crippen molar-refractivity contribution in [2.45, 2.75) is 25.8 Å². The Morgan fingerprint density at radius 3 is 2.34 bits per heavy atom. The summed E-state index contributed by atoms with van der Waals surface area (Å²) in [6.07, 6.45) is 3.35. The molecule has 1 aliphatic heterocycles. The Labute approximate surface area is 166 Å². The molecular weight excluding hydrogens is 378 g/mol. The Kier molecular flexibility index (Phi) is 6.22. The molecule has 0 atom stereocenters. The SMILES string of the molecule is COc1ccc(NC(=O)Cn2cc(NC(=O)CCN3C(=O)CCC3=O)cn2)cc1. The van der Waals surface area contributed by atoms with E-state index in [1.807, 2.05) is 0 Å². The van der Waals surface area contributed by atoms with Gasteiger partial charge in [0.1, 0.15) is 12.3 Å². The van der Waals surface area contributed by atoms with Gasteiger partial charge in [0.05, 0.1) is 19.0 Å². The van der Waals surface area contributed by atoms with E-state index in [1.165, 1.54) is 17.1 Å². The van der Waals surface area contributed by atoms with E-state index in [0.29, 0.717) is 17.1 Å². The maximum absolute atomic E-state index is 12.1. The fourth-order valence-corrected chi connectivity index (χ4v) is 2.85. The quantitative estimate of drug-likeness (QED) is 0.639. The van der Waals surface area contributed by atoms with Crippen LogP contribution in [-0.2, 0) is 25.7 Å². The number of methoxy groups -OCH3 is 1. The molecule has 3 rings (SSSR count). The molecule has 0 unspecified atom stereocenters. The summed E-state index contributed by atoms with van der Waals surface area (Å²) in [5.41, 5.74) is 1.05. The van der Waals surface area contributed by atoms with Crippen molar-refractivity contribution in [2.75, 3.05) is 24.3 Å². The minimum absolute atomic E-state index is 0.000611. The lowest BCUT2D eigenvalue weighted by Gasteiger charge is -2.12. The van der Waals surface area contributed by atoms with E-state index < -0.39 is 0 Å². The van der Waals surface area contributed by atoms with Gasteiger partial charge in [-0.25, -0.2) is 0 Å². The van der Waals surface area contributed by atoms with Crippen LogP contribution in [0.5, 0.6) is 5.75 Å². The van der Waals surface area contributed by atoms with E-state index in [1.54, 1.807) is 31.4 Å². The molecule has 2 aromatic rings. The second-order valence-electron chi connectivity index (χ2n) is 6.44. The van der Waals surface area contributed by atoms with Gasteiger partial charge in [-0.3, -0.25) is 28.8 Å². The van der Waals surface area contributed by atoms with Crippen molar-refractivity contribution >= 4 is 35.0 Å². The number of hydrogen-bond acceptors (Lipinski definition) is 6. The van der Waals surface area contributed by atoms with Crippen LogP contribution in [-0.4, -0.2) is 52.0 Å². The van der Waals surface area contributed by atoms with Crippen LogP contribution in [0.3, 0.4) is 0 Å². The molecule has 1 aromatic heterocycles. The van der Waals surface area contributed by atoms with Gasteiger partial charge < -0.3 is 15.4 Å². The number of anilines is 2. The lowest BCUT2D eigenvalue weighted by atomic mass is 10.3. The number of aromatic nitrogens is 2. The van der Waals surface area contributed by atoms with Crippen molar-refractivity contribution in [1.82, 2.24) is 14.7 Å². The number of amides is 4. The van der Waals surface area contributed by atoms with Crippen LogP contribution in [0.15, 0.2) is 36.7 Å². The summed E-state index contributed by atoms with van der Waals surface area (Å²) in [7, 11) is 1.56. The zero-order valence-electron chi connectivity index (χ0n) is 15.9. The molecule has 0 aliphatic carbocycles. The molecule has 0 saturated carbocycles. The largest absolute Gasteiger partial charge is 0.497 e. The number of likely N-dealkylation sites (tertiary alicyclic amines) is 1. The summed E-state index contributed by atoms with van der Waals surface area (Å²) in [6, 6.07) is 6.92. The highest BCUT2D eigenvalue weighted by Gasteiger charge is 2.28. The first-order chi connectivity index (χ1) is 13.9. The molecule has 0 bridgehead atoms. The molecule has 1 aliphatic rings. The number of benzene rings is 1. The monoisotopic (exact) mass is 399 g/mol. The summed E-state index contributed by atoms with van der Waals surface area (Å²) >= 11 is 0. The van der Waals surface area contributed by atoms with Crippen molar-refractivity contribution in [3.05, 3.63) is 36.7 Å². The Morgan fingerprint density at radius 2 is 1.69 bits per heavy atom. The molecule has 0 spiro atoms. The normalized spacial score (nSPS) is 13.5. The standard InChI is InChI=1S/C19H21N5O5/c1-29-15-4-2-13(3-5-15)21-17(26)12-23-11-14(10-20-23)22-16(25)8-9-24-18(27)6-7-19(24)28/h2-5,10-11H,6-9,12H2,1H3,(H,21,26)(H,22,25). The van der Waals surface area contributed by atoms with E-state index in [0.717, 1.165) is 4.90 Å². The minimum atomic E-state index is -0.347. The molecular formula is C19H21N5O5. The third-order valence-electron chi connectivity index (χ3n) is 4.31. The number of carbonyl (C=O) groups excluding carboxylic acids is 4. The average Bonchev–Trinajstić information content (AvgIpc) is 3.26. The van der Waals surface area contributed by atoms with Gasteiger partial charge in [-0.1, -0.05) is 0 Å². The predicted molar refractivity (Wildman–Crippen MR) is 103 cm³/mol. The number of rotatable bonds is 8. The molecule has 0 radical (unpaired) electrons. The van der Waals surface area contributed by atoms with Gasteiger partial charge in [-0.15, -0.1) is 0 Å². The van der Waals surface area contributed by atoms with E-state index in [2.05, 4.69) is 15.7 Å². The van der Waals surface area contributed by atoms with E-state index in [-0.39, 0.29) is 56.0 Å². The number of hydrogen-bond donors (Lipinski definition) is 2. The second kappa shape index (κ2) is 9.00. The van der Waals surface area contributed by atoms with Crippen LogP contribution in [0.1, 0.15) is 19.3 Å². The molecule has 1 saturated heterocycles. The number of nitrogens with zero attached hydrogens (tertiary/aromatic N) is 3. The second-order valence-corrected chi connectivity index (χ2v) is 6.44. The zero-order valence-corrected chi connectivity index (χ0v) is 15.9. The van der Waals surface area contributed by atoms with E-state index in [4.69, 9.17) is 4.74 Å². The molecule has 152 valence electrons. The first-order valence-corrected chi connectivity index (χ1v) is 9.04. The summed E-state index contributed by atoms with van der Waals surface area (Å²) in [6.45, 7) is 0.0284. The van der Waals surface area contributed by atoms with Crippen LogP contribution in [0.4, 0.5) is 11.4 Å². The number of ether oxygens (including phenoxy) is 1. The Morgan fingerprint density at radius 1 is 1.03 bits per heavy atom. The Bertz CT molecular complexity index is 905. The van der Waals surface area contributed by atoms with Crippen LogP contribution >= 0.6 is 0 Å². The molecule has 4 amide bonds. The van der Waals surface area contributed by atoms with Gasteiger partial charge in [0.25, 0.3) is 0 Å². The molecule has 1 fully saturated rings. The highest BCUT2D eigenvalue weighted by Crippen LogP contribution is 2.15. The molecule has 2 heterocycles. The maximum Gasteiger partial charge on any atom is 0.246 e. The fraction of sp³-hybridized carbons (Fsp3) is 0.316. The summed E-state index contributed by atoms with van der Waals surface area (Å²) in [4.78, 5) is 48.3. The fourth-order valence-electron chi connectivity index (χ4n) is 2.85. The van der Waals surface area contributed by atoms with Crippen LogP contribution in [0.25, 0.3) is 0 Å². The average molecular weight is 399 g/mol. The van der Waals surface area contributed by atoms with Gasteiger partial charge in [0.15, 0.2) is 0 Å². The molecule has 10 nitrogen and oxygen atoms in total. The molecule has 29 heavy (non-hydrogen) atoms. The van der Waals surface area contributed by atoms with Crippen molar-refractivity contribution in [3.8, 4) is 5.75 Å². The molecule has 2 N–H and O–H groups in total. The third kappa shape index (κ3) is 5.41. The van der Waals surface area contributed by atoms with Crippen molar-refractivity contribution in [2.24, 2.45) is 0 Å². The smallest absolute Gasteiger partial charge is 0.246 e. The van der Waals surface area contributed by atoms with E-state index >= 15 is 0 Å². The summed E-state index contributed by atoms with van der Waals surface area (Å²) in [5, 5.41) is 9.42. The molecule has 10 heteroatoms. The van der Waals surface area contributed by atoms with Crippen molar-refractivity contribution in [1.29, 1.82) is 0 Å². The predicted octanol–water partition coefficient (Wildman–Crippen LogP) is 1.01. The lowest BCUT2D eigenvalue weighted by molar-refractivity contribution is -0.138. The van der Waals surface area contributed by atoms with Gasteiger partial charge in [0, 0.05) is 37.7 Å². The van der Waals surface area contributed by atoms with Crippen molar-refractivity contribution < 1.29 is 23.9 Å². The van der Waals surface area contributed by atoms with Crippen LogP contribution < -0.4 is 15.4 Å². The lowest BCUT2D eigenvalue weighted by Crippen LogP contribution is -2.32. The first-order valence-electron chi connectivity index (χ1n) is 9.04. The highest BCUT2D eigenvalue weighted by atomic mass is 16.5.